The standard InChI is InChI=1S/C10H15ClN2OS/c11-6-3-5-9-12-13-10(14-9)8-4-1-2-7-15-8/h8H,1-7H2. The molecular formula is C10H15ClN2OS. The summed E-state index contributed by atoms with van der Waals surface area (Å²) in [7, 11) is 0. The number of hydrogen-bond acceptors (Lipinski definition) is 4. The van der Waals surface area contributed by atoms with E-state index in [1.54, 1.807) is 0 Å². The van der Waals surface area contributed by atoms with Crippen molar-refractivity contribution in [3.63, 3.8) is 0 Å². The van der Waals surface area contributed by atoms with Crippen molar-refractivity contribution in [1.29, 1.82) is 0 Å². The van der Waals surface area contributed by atoms with Crippen molar-refractivity contribution in [3.05, 3.63) is 11.8 Å². The minimum Gasteiger partial charge on any atom is -0.424 e. The molecule has 0 spiro atoms. The van der Waals surface area contributed by atoms with Crippen LogP contribution in [0.15, 0.2) is 4.42 Å². The van der Waals surface area contributed by atoms with Gasteiger partial charge in [0.1, 0.15) is 0 Å². The highest BCUT2D eigenvalue weighted by Crippen LogP contribution is 2.37. The summed E-state index contributed by atoms with van der Waals surface area (Å²) in [5, 5.41) is 8.58. The topological polar surface area (TPSA) is 38.9 Å². The molecule has 1 aromatic rings. The van der Waals surface area contributed by atoms with Crippen molar-refractivity contribution in [2.24, 2.45) is 0 Å². The van der Waals surface area contributed by atoms with E-state index in [1.807, 2.05) is 11.8 Å². The second-order valence-electron chi connectivity index (χ2n) is 3.68. The number of rotatable bonds is 4. The third-order valence-electron chi connectivity index (χ3n) is 2.46. The Morgan fingerprint density at radius 2 is 2.33 bits per heavy atom. The largest absolute Gasteiger partial charge is 0.424 e. The maximum Gasteiger partial charge on any atom is 0.229 e. The summed E-state index contributed by atoms with van der Waals surface area (Å²) in [6.07, 6.45) is 5.46. The average molecular weight is 247 g/mol. The van der Waals surface area contributed by atoms with Crippen molar-refractivity contribution in [2.45, 2.75) is 37.4 Å². The Bertz CT molecular complexity index is 299. The molecule has 1 aliphatic rings. The molecule has 84 valence electrons. The second-order valence-corrected chi connectivity index (χ2v) is 5.37. The third kappa shape index (κ3) is 3.11. The van der Waals surface area contributed by atoms with Gasteiger partial charge in [0, 0.05) is 12.3 Å². The van der Waals surface area contributed by atoms with Crippen molar-refractivity contribution < 1.29 is 4.42 Å². The first-order valence-corrected chi connectivity index (χ1v) is 6.98. The first kappa shape index (κ1) is 11.3. The van der Waals surface area contributed by atoms with Crippen LogP contribution in [0.1, 0.15) is 42.7 Å². The van der Waals surface area contributed by atoms with Crippen LogP contribution in [0.4, 0.5) is 0 Å². The van der Waals surface area contributed by atoms with Crippen LogP contribution in [0.2, 0.25) is 0 Å². The Kier molecular flexibility index (Phi) is 4.32. The highest BCUT2D eigenvalue weighted by atomic mass is 35.5. The maximum atomic E-state index is 5.62. The Balaban J connectivity index is 1.93. The van der Waals surface area contributed by atoms with Gasteiger partial charge in [0.25, 0.3) is 0 Å². The summed E-state index contributed by atoms with van der Waals surface area (Å²) in [6.45, 7) is 0. The van der Waals surface area contributed by atoms with Crippen LogP contribution in [0.3, 0.4) is 0 Å². The predicted molar refractivity (Wildman–Crippen MR) is 62.4 cm³/mol. The number of alkyl halides is 1. The maximum absolute atomic E-state index is 5.62. The molecule has 0 saturated carbocycles. The molecule has 1 aromatic heterocycles. The van der Waals surface area contributed by atoms with Crippen LogP contribution in [0.5, 0.6) is 0 Å². The summed E-state index contributed by atoms with van der Waals surface area (Å²) in [5.74, 6) is 3.40. The summed E-state index contributed by atoms with van der Waals surface area (Å²) in [6, 6.07) is 0. The fraction of sp³-hybridized carbons (Fsp3) is 0.800. The molecule has 0 amide bonds. The lowest BCUT2D eigenvalue weighted by Crippen LogP contribution is -2.02. The molecule has 2 heterocycles. The number of aromatic nitrogens is 2. The molecule has 15 heavy (non-hydrogen) atoms. The second kappa shape index (κ2) is 5.75. The zero-order valence-corrected chi connectivity index (χ0v) is 10.2. The van der Waals surface area contributed by atoms with E-state index in [0.717, 1.165) is 24.6 Å². The Hall–Kier alpha value is -0.220. The molecular weight excluding hydrogens is 232 g/mol. The van der Waals surface area contributed by atoms with Gasteiger partial charge in [0.2, 0.25) is 11.8 Å². The van der Waals surface area contributed by atoms with Gasteiger partial charge in [-0.15, -0.1) is 33.6 Å². The lowest BCUT2D eigenvalue weighted by molar-refractivity contribution is 0.434. The Morgan fingerprint density at radius 3 is 3.07 bits per heavy atom. The van der Waals surface area contributed by atoms with E-state index in [-0.39, 0.29) is 0 Å². The molecule has 1 aliphatic heterocycles. The monoisotopic (exact) mass is 246 g/mol. The van der Waals surface area contributed by atoms with Crippen LogP contribution < -0.4 is 0 Å². The van der Waals surface area contributed by atoms with Gasteiger partial charge in [-0.05, 0) is 25.0 Å². The van der Waals surface area contributed by atoms with E-state index in [4.69, 9.17) is 16.0 Å². The van der Waals surface area contributed by atoms with Gasteiger partial charge in [-0.25, -0.2) is 0 Å². The van der Waals surface area contributed by atoms with Crippen LogP contribution in [-0.4, -0.2) is 21.8 Å². The van der Waals surface area contributed by atoms with E-state index in [2.05, 4.69) is 10.2 Å². The zero-order chi connectivity index (χ0) is 10.5. The SMILES string of the molecule is ClCCCc1nnc(C2CCCCS2)o1. The molecule has 1 unspecified atom stereocenters. The molecule has 2 rings (SSSR count). The highest BCUT2D eigenvalue weighted by Gasteiger charge is 2.21. The smallest absolute Gasteiger partial charge is 0.229 e. The molecule has 0 N–H and O–H groups in total. The fourth-order valence-electron chi connectivity index (χ4n) is 1.65. The predicted octanol–water partition coefficient (Wildman–Crippen LogP) is 3.20. The van der Waals surface area contributed by atoms with Crippen LogP contribution in [0.25, 0.3) is 0 Å². The summed E-state index contributed by atoms with van der Waals surface area (Å²) in [5.41, 5.74) is 0. The first-order valence-electron chi connectivity index (χ1n) is 5.40. The number of aryl methyl sites for hydroxylation is 1. The van der Waals surface area contributed by atoms with Gasteiger partial charge in [-0.2, -0.15) is 0 Å². The van der Waals surface area contributed by atoms with Crippen molar-refractivity contribution in [2.75, 3.05) is 11.6 Å². The minimum atomic E-state index is 0.427. The van der Waals surface area contributed by atoms with E-state index in [0.29, 0.717) is 11.1 Å². The van der Waals surface area contributed by atoms with Gasteiger partial charge in [0.15, 0.2) is 0 Å². The lowest BCUT2D eigenvalue weighted by Gasteiger charge is -2.17. The lowest BCUT2D eigenvalue weighted by atomic mass is 10.2. The molecule has 3 nitrogen and oxygen atoms in total. The van der Waals surface area contributed by atoms with E-state index >= 15 is 0 Å². The van der Waals surface area contributed by atoms with E-state index in [9.17, 15) is 0 Å². The van der Waals surface area contributed by atoms with Crippen molar-refractivity contribution >= 4 is 23.4 Å². The van der Waals surface area contributed by atoms with Crippen LogP contribution in [-0.2, 0) is 6.42 Å². The normalized spacial score (nSPS) is 21.8. The van der Waals surface area contributed by atoms with Crippen LogP contribution in [0, 0.1) is 0 Å². The number of halogens is 1. The van der Waals surface area contributed by atoms with Crippen LogP contribution >= 0.6 is 23.4 Å². The fourth-order valence-corrected chi connectivity index (χ4v) is 3.01. The Morgan fingerprint density at radius 1 is 1.40 bits per heavy atom. The molecule has 0 aromatic carbocycles. The molecule has 0 bridgehead atoms. The molecule has 0 radical (unpaired) electrons. The highest BCUT2D eigenvalue weighted by molar-refractivity contribution is 7.99. The Labute approximate surface area is 99.0 Å². The van der Waals surface area contributed by atoms with Gasteiger partial charge < -0.3 is 4.42 Å². The average Bonchev–Trinajstić information content (AvgIpc) is 2.76. The number of thioether (sulfide) groups is 1. The summed E-state index contributed by atoms with van der Waals surface area (Å²) >= 11 is 7.54. The molecule has 1 saturated heterocycles. The molecule has 0 aliphatic carbocycles. The van der Waals surface area contributed by atoms with Gasteiger partial charge in [0.05, 0.1) is 5.25 Å². The van der Waals surface area contributed by atoms with E-state index in [1.165, 1.54) is 25.0 Å². The van der Waals surface area contributed by atoms with E-state index < -0.39 is 0 Å². The summed E-state index contributed by atoms with van der Waals surface area (Å²) < 4.78 is 5.62. The van der Waals surface area contributed by atoms with Gasteiger partial charge in [-0.3, -0.25) is 0 Å². The summed E-state index contributed by atoms with van der Waals surface area (Å²) in [4.78, 5) is 0. The molecule has 1 atom stereocenters. The minimum absolute atomic E-state index is 0.427. The van der Waals surface area contributed by atoms with Crippen molar-refractivity contribution in [3.8, 4) is 0 Å². The molecule has 1 fully saturated rings. The van der Waals surface area contributed by atoms with Gasteiger partial charge in [-0.1, -0.05) is 6.42 Å². The van der Waals surface area contributed by atoms with Crippen molar-refractivity contribution in [1.82, 2.24) is 10.2 Å². The zero-order valence-electron chi connectivity index (χ0n) is 8.62. The number of hydrogen-bond donors (Lipinski definition) is 0. The third-order valence-corrected chi connectivity index (χ3v) is 4.09. The quantitative estimate of drug-likeness (QED) is 0.765. The van der Waals surface area contributed by atoms with Gasteiger partial charge >= 0.3 is 0 Å². The first-order chi connectivity index (χ1) is 7.40. The number of nitrogens with zero attached hydrogens (tertiary/aromatic N) is 2. The molecule has 5 heteroatoms.